The Bertz CT molecular complexity index is 547. The van der Waals surface area contributed by atoms with Crippen LogP contribution in [0.25, 0.3) is 0 Å². The van der Waals surface area contributed by atoms with Crippen molar-refractivity contribution >= 4 is 47.6 Å². The average molecular weight is 482 g/mol. The van der Waals surface area contributed by atoms with E-state index >= 15 is 0 Å². The van der Waals surface area contributed by atoms with Crippen LogP contribution in [-0.2, 0) is 11.3 Å². The van der Waals surface area contributed by atoms with Gasteiger partial charge >= 0.3 is 0 Å². The van der Waals surface area contributed by atoms with Gasteiger partial charge in [0.2, 0.25) is 5.91 Å². The van der Waals surface area contributed by atoms with E-state index in [1.165, 1.54) is 5.69 Å². The number of aryl methyl sites for hydroxylation is 3. The summed E-state index contributed by atoms with van der Waals surface area (Å²) in [7, 11) is 3.47. The molecular weight excluding hydrogens is 451 g/mol. The molecular formula is C16H31IN6OS. The molecule has 1 heterocycles. The van der Waals surface area contributed by atoms with E-state index in [0.29, 0.717) is 5.96 Å². The van der Waals surface area contributed by atoms with Crippen molar-refractivity contribution in [3.63, 3.8) is 0 Å². The van der Waals surface area contributed by atoms with Crippen molar-refractivity contribution in [3.8, 4) is 0 Å². The van der Waals surface area contributed by atoms with Crippen LogP contribution in [0.3, 0.4) is 0 Å². The molecule has 0 aliphatic heterocycles. The minimum atomic E-state index is -0.0105. The van der Waals surface area contributed by atoms with Crippen LogP contribution in [0.2, 0.25) is 0 Å². The van der Waals surface area contributed by atoms with Gasteiger partial charge in [-0.05, 0) is 32.6 Å². The predicted molar refractivity (Wildman–Crippen MR) is 117 cm³/mol. The molecule has 0 spiro atoms. The number of likely N-dealkylation sites (N-methyl/N-ethyl adjacent to an activating group) is 1. The number of hydrogen-bond acceptors (Lipinski definition) is 4. The highest BCUT2D eigenvalue weighted by Crippen LogP contribution is 2.02. The zero-order chi connectivity index (χ0) is 17.9. The Balaban J connectivity index is 0.00000576. The topological polar surface area (TPSA) is 74.6 Å². The summed E-state index contributed by atoms with van der Waals surface area (Å²) in [6.07, 6.45) is 3.00. The molecule has 0 saturated heterocycles. The van der Waals surface area contributed by atoms with Gasteiger partial charge in [0.1, 0.15) is 6.54 Å². The minimum absolute atomic E-state index is 0. The Morgan fingerprint density at radius 3 is 2.56 bits per heavy atom. The number of aromatic nitrogens is 2. The highest BCUT2D eigenvalue weighted by Gasteiger charge is 2.05. The molecule has 0 aromatic carbocycles. The first-order chi connectivity index (χ1) is 11.4. The Morgan fingerprint density at radius 2 is 2.00 bits per heavy atom. The number of hydrogen-bond donors (Lipinski definition) is 2. The van der Waals surface area contributed by atoms with E-state index in [9.17, 15) is 4.79 Å². The van der Waals surface area contributed by atoms with E-state index in [4.69, 9.17) is 0 Å². The first kappa shape index (κ1) is 24.0. The average Bonchev–Trinajstić information content (AvgIpc) is 2.85. The van der Waals surface area contributed by atoms with Gasteiger partial charge in [0.25, 0.3) is 0 Å². The number of nitrogens with one attached hydrogen (secondary N) is 2. The molecule has 0 aliphatic rings. The lowest BCUT2D eigenvalue weighted by molar-refractivity contribution is -0.127. The molecule has 1 amide bonds. The maximum absolute atomic E-state index is 11.7. The van der Waals surface area contributed by atoms with Crippen LogP contribution in [0.5, 0.6) is 0 Å². The van der Waals surface area contributed by atoms with Gasteiger partial charge in [-0.2, -0.15) is 16.9 Å². The standard InChI is InChI=1S/C16H30N6OS.HI/c1-13-11-14(2)22(20-13)9-6-7-17-16(18-8-10-24-5)19-12-15(23)21(3)4;/h11H,6-10,12H2,1-5H3,(H2,17,18,19);1H. The number of aliphatic imine (C=N–C) groups is 1. The Labute approximate surface area is 172 Å². The molecule has 0 aliphatic carbocycles. The number of nitrogens with zero attached hydrogens (tertiary/aromatic N) is 4. The van der Waals surface area contributed by atoms with Crippen LogP contribution in [0, 0.1) is 13.8 Å². The summed E-state index contributed by atoms with van der Waals surface area (Å²) in [6, 6.07) is 2.08. The van der Waals surface area contributed by atoms with Crippen LogP contribution < -0.4 is 10.6 Å². The fraction of sp³-hybridized carbons (Fsp3) is 0.688. The predicted octanol–water partition coefficient (Wildman–Crippen LogP) is 1.49. The summed E-state index contributed by atoms with van der Waals surface area (Å²) in [6.45, 7) is 6.68. The molecule has 1 rings (SSSR count). The molecule has 0 radical (unpaired) electrons. The molecule has 144 valence electrons. The molecule has 1 aromatic heterocycles. The fourth-order valence-corrected chi connectivity index (χ4v) is 2.38. The third-order valence-corrected chi connectivity index (χ3v) is 4.02. The molecule has 0 atom stereocenters. The third kappa shape index (κ3) is 9.93. The Morgan fingerprint density at radius 1 is 1.32 bits per heavy atom. The summed E-state index contributed by atoms with van der Waals surface area (Å²) in [5.41, 5.74) is 2.22. The number of carbonyl (C=O) groups is 1. The molecule has 0 unspecified atom stereocenters. The van der Waals surface area contributed by atoms with Crippen molar-refractivity contribution < 1.29 is 4.79 Å². The molecule has 7 nitrogen and oxygen atoms in total. The van der Waals surface area contributed by atoms with Gasteiger partial charge in [-0.3, -0.25) is 9.48 Å². The van der Waals surface area contributed by atoms with Crippen LogP contribution in [0.1, 0.15) is 17.8 Å². The third-order valence-electron chi connectivity index (χ3n) is 3.41. The zero-order valence-electron chi connectivity index (χ0n) is 15.8. The first-order valence-electron chi connectivity index (χ1n) is 8.16. The molecule has 0 saturated carbocycles. The van der Waals surface area contributed by atoms with Crippen LogP contribution in [0.4, 0.5) is 0 Å². The highest BCUT2D eigenvalue weighted by molar-refractivity contribution is 14.0. The molecule has 1 aromatic rings. The van der Waals surface area contributed by atoms with Crippen molar-refractivity contribution in [3.05, 3.63) is 17.5 Å². The van der Waals surface area contributed by atoms with E-state index in [0.717, 1.165) is 37.5 Å². The summed E-state index contributed by atoms with van der Waals surface area (Å²) in [5.74, 6) is 1.67. The van der Waals surface area contributed by atoms with E-state index in [-0.39, 0.29) is 36.4 Å². The second kappa shape index (κ2) is 13.3. The van der Waals surface area contributed by atoms with E-state index in [2.05, 4.69) is 40.0 Å². The maximum atomic E-state index is 11.7. The normalized spacial score (nSPS) is 11.0. The molecule has 9 heteroatoms. The summed E-state index contributed by atoms with van der Waals surface area (Å²) in [5, 5.41) is 11.0. The number of amides is 1. The summed E-state index contributed by atoms with van der Waals surface area (Å²) >= 11 is 1.77. The number of halogens is 1. The van der Waals surface area contributed by atoms with Crippen LogP contribution in [0.15, 0.2) is 11.1 Å². The lowest BCUT2D eigenvalue weighted by Gasteiger charge is -2.13. The van der Waals surface area contributed by atoms with E-state index in [1.54, 1.807) is 30.8 Å². The van der Waals surface area contributed by atoms with Gasteiger partial charge in [0, 0.05) is 45.2 Å². The number of rotatable bonds is 9. The second-order valence-corrected chi connectivity index (χ2v) is 6.79. The van der Waals surface area contributed by atoms with Gasteiger partial charge in [0.15, 0.2) is 5.96 Å². The lowest BCUT2D eigenvalue weighted by atomic mass is 10.4. The molecule has 0 bridgehead atoms. The van der Waals surface area contributed by atoms with Crippen molar-refractivity contribution in [2.24, 2.45) is 4.99 Å². The van der Waals surface area contributed by atoms with Gasteiger partial charge in [-0.25, -0.2) is 4.99 Å². The van der Waals surface area contributed by atoms with Gasteiger partial charge in [0.05, 0.1) is 5.69 Å². The van der Waals surface area contributed by atoms with Crippen molar-refractivity contribution in [2.45, 2.75) is 26.8 Å². The SMILES string of the molecule is CSCCNC(=NCC(=O)N(C)C)NCCCn1nc(C)cc1C.I. The minimum Gasteiger partial charge on any atom is -0.356 e. The van der Waals surface area contributed by atoms with E-state index < -0.39 is 0 Å². The number of guanidine groups is 1. The van der Waals surface area contributed by atoms with E-state index in [1.807, 2.05) is 11.6 Å². The molecule has 0 fully saturated rings. The maximum Gasteiger partial charge on any atom is 0.243 e. The quantitative estimate of drug-likeness (QED) is 0.242. The van der Waals surface area contributed by atoms with Gasteiger partial charge in [-0.1, -0.05) is 0 Å². The molecule has 25 heavy (non-hydrogen) atoms. The zero-order valence-corrected chi connectivity index (χ0v) is 19.0. The Hall–Kier alpha value is -0.970. The second-order valence-electron chi connectivity index (χ2n) is 5.80. The van der Waals surface area contributed by atoms with Crippen LogP contribution in [-0.4, -0.2) is 72.3 Å². The Kier molecular flexibility index (Phi) is 12.7. The monoisotopic (exact) mass is 482 g/mol. The van der Waals surface area contributed by atoms with Gasteiger partial charge in [-0.15, -0.1) is 24.0 Å². The summed E-state index contributed by atoms with van der Waals surface area (Å²) in [4.78, 5) is 17.6. The highest BCUT2D eigenvalue weighted by atomic mass is 127. The van der Waals surface area contributed by atoms with Crippen molar-refractivity contribution in [1.82, 2.24) is 25.3 Å². The summed E-state index contributed by atoms with van der Waals surface area (Å²) < 4.78 is 2.02. The molecule has 2 N–H and O–H groups in total. The van der Waals surface area contributed by atoms with Crippen LogP contribution >= 0.6 is 35.7 Å². The number of thioether (sulfide) groups is 1. The van der Waals surface area contributed by atoms with Gasteiger partial charge < -0.3 is 15.5 Å². The smallest absolute Gasteiger partial charge is 0.243 e. The lowest BCUT2D eigenvalue weighted by Crippen LogP contribution is -2.40. The largest absolute Gasteiger partial charge is 0.356 e. The fourth-order valence-electron chi connectivity index (χ4n) is 2.07. The van der Waals surface area contributed by atoms with Crippen molar-refractivity contribution in [1.29, 1.82) is 0 Å². The first-order valence-corrected chi connectivity index (χ1v) is 9.55. The van der Waals surface area contributed by atoms with Crippen molar-refractivity contribution in [2.75, 3.05) is 45.7 Å². The number of carbonyl (C=O) groups excluding carboxylic acids is 1.